The quantitative estimate of drug-likeness (QED) is 0.379. The van der Waals surface area contributed by atoms with E-state index in [2.05, 4.69) is 56.8 Å². The van der Waals surface area contributed by atoms with E-state index in [0.29, 0.717) is 11.7 Å². The standard InChI is InChI=1S/C27H27N5OS/c1-4-33-21-13-11-20(12-14-21)32-26(25(30-27(32)34)23-9-5-7-15-28-23)22-17-18(2)31(19(22)3)24-10-6-8-16-29-24/h5-17,25-26H,4H2,1-3H3,(H,30,34)/t25-,26+/m1/s1. The largest absolute Gasteiger partial charge is 0.494 e. The molecule has 1 N–H and O–H groups in total. The van der Waals surface area contributed by atoms with E-state index in [0.717, 1.165) is 34.3 Å². The Labute approximate surface area is 205 Å². The van der Waals surface area contributed by atoms with Crippen molar-refractivity contribution in [3.8, 4) is 11.6 Å². The van der Waals surface area contributed by atoms with Crippen LogP contribution in [-0.4, -0.2) is 26.3 Å². The van der Waals surface area contributed by atoms with Gasteiger partial charge in [0.2, 0.25) is 0 Å². The van der Waals surface area contributed by atoms with Gasteiger partial charge in [-0.15, -0.1) is 0 Å². The fourth-order valence-corrected chi connectivity index (χ4v) is 5.09. The van der Waals surface area contributed by atoms with Crippen molar-refractivity contribution in [2.24, 2.45) is 0 Å². The second-order valence-corrected chi connectivity index (χ2v) is 8.66. The van der Waals surface area contributed by atoms with E-state index in [9.17, 15) is 0 Å². The van der Waals surface area contributed by atoms with Crippen LogP contribution in [0.5, 0.6) is 5.75 Å². The minimum absolute atomic E-state index is 0.0796. The number of rotatable bonds is 6. The second kappa shape index (κ2) is 9.27. The molecule has 0 spiro atoms. The highest BCUT2D eigenvalue weighted by Crippen LogP contribution is 2.43. The van der Waals surface area contributed by atoms with Gasteiger partial charge in [-0.1, -0.05) is 12.1 Å². The lowest BCUT2D eigenvalue weighted by Gasteiger charge is -2.28. The molecule has 1 aromatic carbocycles. The molecule has 1 aliphatic heterocycles. The summed E-state index contributed by atoms with van der Waals surface area (Å²) >= 11 is 5.87. The van der Waals surface area contributed by atoms with Crippen molar-refractivity contribution in [3.63, 3.8) is 0 Å². The molecule has 0 aliphatic carbocycles. The van der Waals surface area contributed by atoms with Crippen LogP contribution in [0.4, 0.5) is 5.69 Å². The Bertz CT molecular complexity index is 1290. The van der Waals surface area contributed by atoms with Gasteiger partial charge in [-0.2, -0.15) is 0 Å². The van der Waals surface area contributed by atoms with Gasteiger partial charge < -0.3 is 19.5 Å². The van der Waals surface area contributed by atoms with Crippen molar-refractivity contribution < 1.29 is 4.74 Å². The molecule has 34 heavy (non-hydrogen) atoms. The van der Waals surface area contributed by atoms with Gasteiger partial charge in [-0.05, 0) is 93.1 Å². The van der Waals surface area contributed by atoms with Crippen molar-refractivity contribution in [1.82, 2.24) is 19.9 Å². The van der Waals surface area contributed by atoms with E-state index < -0.39 is 0 Å². The third kappa shape index (κ3) is 3.92. The van der Waals surface area contributed by atoms with Crippen LogP contribution < -0.4 is 15.0 Å². The molecule has 0 bridgehead atoms. The Balaban J connectivity index is 1.64. The number of nitrogens with zero attached hydrogens (tertiary/aromatic N) is 4. The Hall–Kier alpha value is -3.71. The maximum absolute atomic E-state index is 5.87. The normalized spacial score (nSPS) is 17.6. The topological polar surface area (TPSA) is 55.2 Å². The molecule has 1 fully saturated rings. The molecule has 0 amide bonds. The summed E-state index contributed by atoms with van der Waals surface area (Å²) in [6.07, 6.45) is 3.65. The lowest BCUT2D eigenvalue weighted by Crippen LogP contribution is -2.29. The zero-order chi connectivity index (χ0) is 23.7. The molecule has 1 aliphatic rings. The SMILES string of the molecule is CCOc1ccc(N2C(=S)N[C@H](c3ccccn3)[C@@H]2c2cc(C)n(-c3ccccn3)c2C)cc1. The molecule has 7 heteroatoms. The van der Waals surface area contributed by atoms with E-state index in [1.807, 2.05) is 67.8 Å². The van der Waals surface area contributed by atoms with Crippen molar-refractivity contribution in [1.29, 1.82) is 0 Å². The van der Waals surface area contributed by atoms with E-state index in [-0.39, 0.29) is 12.1 Å². The highest BCUT2D eigenvalue weighted by Gasteiger charge is 2.42. The summed E-state index contributed by atoms with van der Waals surface area (Å²) < 4.78 is 7.85. The Morgan fingerprint density at radius 1 is 0.971 bits per heavy atom. The average Bonchev–Trinajstić information content (AvgIpc) is 3.36. The summed E-state index contributed by atoms with van der Waals surface area (Å²) in [6.45, 7) is 6.87. The minimum Gasteiger partial charge on any atom is -0.494 e. The first-order valence-electron chi connectivity index (χ1n) is 11.4. The summed E-state index contributed by atoms with van der Waals surface area (Å²) in [5, 5.41) is 4.22. The lowest BCUT2D eigenvalue weighted by molar-refractivity contribution is 0.340. The maximum atomic E-state index is 5.87. The molecule has 3 aromatic heterocycles. The highest BCUT2D eigenvalue weighted by molar-refractivity contribution is 7.80. The van der Waals surface area contributed by atoms with Crippen LogP contribution in [0.25, 0.3) is 5.82 Å². The van der Waals surface area contributed by atoms with Gasteiger partial charge >= 0.3 is 0 Å². The number of benzene rings is 1. The maximum Gasteiger partial charge on any atom is 0.174 e. The van der Waals surface area contributed by atoms with Crippen molar-refractivity contribution in [2.45, 2.75) is 32.9 Å². The number of anilines is 1. The van der Waals surface area contributed by atoms with Gasteiger partial charge in [-0.3, -0.25) is 4.98 Å². The van der Waals surface area contributed by atoms with Gasteiger partial charge in [0.05, 0.1) is 24.4 Å². The van der Waals surface area contributed by atoms with Crippen molar-refractivity contribution in [2.75, 3.05) is 11.5 Å². The molecule has 6 nitrogen and oxygen atoms in total. The fraction of sp³-hybridized carbons (Fsp3) is 0.222. The lowest BCUT2D eigenvalue weighted by atomic mass is 9.96. The third-order valence-electron chi connectivity index (χ3n) is 6.19. The molecule has 4 heterocycles. The van der Waals surface area contributed by atoms with E-state index >= 15 is 0 Å². The Morgan fingerprint density at radius 2 is 1.71 bits per heavy atom. The molecule has 4 aromatic rings. The van der Waals surface area contributed by atoms with E-state index in [1.54, 1.807) is 0 Å². The Morgan fingerprint density at radius 3 is 2.35 bits per heavy atom. The molecule has 172 valence electrons. The van der Waals surface area contributed by atoms with Crippen LogP contribution >= 0.6 is 12.2 Å². The van der Waals surface area contributed by atoms with E-state index in [4.69, 9.17) is 17.0 Å². The number of hydrogen-bond donors (Lipinski definition) is 1. The van der Waals surface area contributed by atoms with Gasteiger partial charge in [0.15, 0.2) is 5.11 Å². The molecule has 2 atom stereocenters. The summed E-state index contributed by atoms with van der Waals surface area (Å²) in [6, 6.07) is 22.1. The number of ether oxygens (including phenoxy) is 1. The first-order valence-corrected chi connectivity index (χ1v) is 11.8. The number of aryl methyl sites for hydroxylation is 1. The predicted octanol–water partition coefficient (Wildman–Crippen LogP) is 5.46. The highest BCUT2D eigenvalue weighted by atomic mass is 32.1. The Kier molecular flexibility index (Phi) is 6.02. The smallest absolute Gasteiger partial charge is 0.174 e. The van der Waals surface area contributed by atoms with Crippen LogP contribution in [0.1, 0.15) is 41.7 Å². The molecule has 0 saturated carbocycles. The number of nitrogens with one attached hydrogen (secondary N) is 1. The summed E-state index contributed by atoms with van der Waals surface area (Å²) in [5.41, 5.74) is 5.39. The van der Waals surface area contributed by atoms with Crippen LogP contribution in [0.3, 0.4) is 0 Å². The number of aromatic nitrogens is 3. The first kappa shape index (κ1) is 22.1. The van der Waals surface area contributed by atoms with Gasteiger partial charge in [-0.25, -0.2) is 4.98 Å². The number of thiocarbonyl (C=S) groups is 1. The van der Waals surface area contributed by atoms with Crippen LogP contribution in [0.2, 0.25) is 0 Å². The molecular formula is C27H27N5OS. The molecule has 0 radical (unpaired) electrons. The summed E-state index contributed by atoms with van der Waals surface area (Å²) in [4.78, 5) is 11.4. The second-order valence-electron chi connectivity index (χ2n) is 8.27. The molecule has 5 rings (SSSR count). The summed E-state index contributed by atoms with van der Waals surface area (Å²) in [5.74, 6) is 1.75. The molecule has 1 saturated heterocycles. The average molecular weight is 470 g/mol. The zero-order valence-electron chi connectivity index (χ0n) is 19.5. The van der Waals surface area contributed by atoms with Crippen LogP contribution in [-0.2, 0) is 0 Å². The van der Waals surface area contributed by atoms with Gasteiger partial charge in [0.1, 0.15) is 11.6 Å². The summed E-state index contributed by atoms with van der Waals surface area (Å²) in [7, 11) is 0. The van der Waals surface area contributed by atoms with Gasteiger partial charge in [0.25, 0.3) is 0 Å². The van der Waals surface area contributed by atoms with E-state index in [1.165, 1.54) is 5.56 Å². The number of pyridine rings is 2. The predicted molar refractivity (Wildman–Crippen MR) is 139 cm³/mol. The first-order chi connectivity index (χ1) is 16.6. The van der Waals surface area contributed by atoms with Crippen molar-refractivity contribution in [3.05, 3.63) is 102 Å². The molecular weight excluding hydrogens is 442 g/mol. The molecule has 0 unspecified atom stereocenters. The van der Waals surface area contributed by atoms with Gasteiger partial charge in [0, 0.05) is 29.5 Å². The zero-order valence-corrected chi connectivity index (χ0v) is 20.3. The van der Waals surface area contributed by atoms with Crippen LogP contribution in [0, 0.1) is 13.8 Å². The van der Waals surface area contributed by atoms with Crippen molar-refractivity contribution >= 4 is 23.0 Å². The minimum atomic E-state index is -0.0991. The fourth-order valence-electron chi connectivity index (χ4n) is 4.74. The monoisotopic (exact) mass is 469 g/mol. The number of hydrogen-bond acceptors (Lipinski definition) is 4. The third-order valence-corrected chi connectivity index (χ3v) is 6.51. The van der Waals surface area contributed by atoms with Crippen LogP contribution in [0.15, 0.2) is 79.1 Å².